The Kier molecular flexibility index (Phi) is 7.87. The molecule has 0 spiro atoms. The van der Waals surface area contributed by atoms with Crippen molar-refractivity contribution in [3.63, 3.8) is 0 Å². The second-order valence-electron chi connectivity index (χ2n) is 9.16. The summed E-state index contributed by atoms with van der Waals surface area (Å²) < 4.78 is 1.84. The van der Waals surface area contributed by atoms with Gasteiger partial charge in [-0.05, 0) is 30.2 Å². The smallest absolute Gasteiger partial charge is 0.303 e. The van der Waals surface area contributed by atoms with Crippen LogP contribution in [0.1, 0.15) is 24.0 Å². The van der Waals surface area contributed by atoms with Crippen molar-refractivity contribution in [2.24, 2.45) is 0 Å². The maximum absolute atomic E-state index is 13.6. The molecule has 5 rings (SSSR count). The van der Waals surface area contributed by atoms with Crippen LogP contribution >= 0.6 is 24.0 Å². The molecule has 0 saturated carbocycles. The first kappa shape index (κ1) is 26.1. The summed E-state index contributed by atoms with van der Waals surface area (Å²) in [6.45, 7) is 4.10. The molecule has 2 saturated heterocycles. The van der Waals surface area contributed by atoms with Crippen LogP contribution in [0.3, 0.4) is 0 Å². The van der Waals surface area contributed by atoms with Crippen molar-refractivity contribution >= 4 is 57.7 Å². The van der Waals surface area contributed by atoms with E-state index in [1.54, 1.807) is 24.4 Å². The predicted molar refractivity (Wildman–Crippen MR) is 152 cm³/mol. The number of nitrogens with zero attached hydrogens (tertiary/aromatic N) is 5. The summed E-state index contributed by atoms with van der Waals surface area (Å²) in [7, 11) is 0. The van der Waals surface area contributed by atoms with Gasteiger partial charge in [0.2, 0.25) is 0 Å². The zero-order valence-electron chi connectivity index (χ0n) is 20.7. The number of hydrogen-bond donors (Lipinski definition) is 1. The number of thioether (sulfide) groups is 1. The summed E-state index contributed by atoms with van der Waals surface area (Å²) in [5, 5.41) is 8.92. The molecule has 2 fully saturated rings. The number of carboxylic acid groups (broad SMARTS) is 1. The average molecular weight is 550 g/mol. The minimum absolute atomic E-state index is 0.0492. The molecule has 2 aromatic heterocycles. The van der Waals surface area contributed by atoms with E-state index in [0.717, 1.165) is 31.4 Å². The maximum atomic E-state index is 13.6. The molecular weight excluding hydrogens is 522 g/mol. The maximum Gasteiger partial charge on any atom is 0.303 e. The van der Waals surface area contributed by atoms with E-state index >= 15 is 0 Å². The number of rotatable bonds is 8. The van der Waals surface area contributed by atoms with E-state index < -0.39 is 5.97 Å². The van der Waals surface area contributed by atoms with Gasteiger partial charge in [-0.3, -0.25) is 28.6 Å². The molecule has 2 aliphatic rings. The van der Waals surface area contributed by atoms with Gasteiger partial charge < -0.3 is 10.0 Å². The first-order valence-electron chi connectivity index (χ1n) is 12.4. The molecule has 0 atom stereocenters. The molecule has 9 nitrogen and oxygen atoms in total. The van der Waals surface area contributed by atoms with Gasteiger partial charge in [-0.1, -0.05) is 60.4 Å². The van der Waals surface area contributed by atoms with Crippen LogP contribution in [-0.4, -0.2) is 73.2 Å². The largest absolute Gasteiger partial charge is 0.481 e. The average Bonchev–Trinajstić information content (AvgIpc) is 3.18. The second kappa shape index (κ2) is 11.5. The molecule has 11 heteroatoms. The normalized spacial score (nSPS) is 17.6. The Hall–Kier alpha value is -3.54. The zero-order valence-corrected chi connectivity index (χ0v) is 22.3. The summed E-state index contributed by atoms with van der Waals surface area (Å²) >= 11 is 6.51. The van der Waals surface area contributed by atoms with Gasteiger partial charge >= 0.3 is 5.97 Å². The Morgan fingerprint density at radius 2 is 1.79 bits per heavy atom. The molecular formula is C27H27N5O4S2. The summed E-state index contributed by atoms with van der Waals surface area (Å²) in [6, 6.07) is 15.7. The molecule has 0 unspecified atom stereocenters. The van der Waals surface area contributed by atoms with Crippen molar-refractivity contribution < 1.29 is 14.7 Å². The van der Waals surface area contributed by atoms with Gasteiger partial charge in [-0.15, -0.1) is 0 Å². The molecule has 0 radical (unpaired) electrons. The highest BCUT2D eigenvalue weighted by Crippen LogP contribution is 2.34. The number of pyridine rings is 1. The standard InChI is InChI=1S/C27H27N5O4S2/c33-23(34)10-6-12-32-26(36)21(38-27(32)37)17-20-24(28-22-9-4-5-11-31(22)25(20)35)30-15-13-29(14-16-30)18-19-7-2-1-3-8-19/h1-5,7-9,11,17H,6,10,12-16,18H2,(H,33,34)/b21-17-. The predicted octanol–water partition coefficient (Wildman–Crippen LogP) is 3.08. The Bertz CT molecular complexity index is 1470. The van der Waals surface area contributed by atoms with Gasteiger partial charge in [0.25, 0.3) is 11.5 Å². The minimum atomic E-state index is -0.922. The molecule has 0 aliphatic carbocycles. The van der Waals surface area contributed by atoms with E-state index in [9.17, 15) is 14.4 Å². The van der Waals surface area contributed by atoms with E-state index in [1.807, 2.05) is 24.3 Å². The van der Waals surface area contributed by atoms with Crippen molar-refractivity contribution in [3.8, 4) is 0 Å². The van der Waals surface area contributed by atoms with E-state index in [2.05, 4.69) is 21.9 Å². The number of anilines is 1. The number of piperazine rings is 1. The van der Waals surface area contributed by atoms with Gasteiger partial charge in [0.1, 0.15) is 15.8 Å². The van der Waals surface area contributed by atoms with Crippen LogP contribution in [0.5, 0.6) is 0 Å². The fourth-order valence-electron chi connectivity index (χ4n) is 4.63. The zero-order chi connectivity index (χ0) is 26.6. The lowest BCUT2D eigenvalue weighted by atomic mass is 10.2. The number of carbonyl (C=O) groups is 2. The van der Waals surface area contributed by atoms with Crippen molar-refractivity contribution in [2.75, 3.05) is 37.6 Å². The lowest BCUT2D eigenvalue weighted by Gasteiger charge is -2.36. The number of hydrogen-bond acceptors (Lipinski definition) is 8. The van der Waals surface area contributed by atoms with E-state index in [0.29, 0.717) is 45.8 Å². The molecule has 0 bridgehead atoms. The Labute approximate surface area is 229 Å². The summed E-state index contributed by atoms with van der Waals surface area (Å²) in [5.74, 6) is -0.687. The fourth-order valence-corrected chi connectivity index (χ4v) is 5.92. The number of benzene rings is 1. The van der Waals surface area contributed by atoms with Crippen LogP contribution in [0.25, 0.3) is 11.7 Å². The molecule has 1 N–H and O–H groups in total. The second-order valence-corrected chi connectivity index (χ2v) is 10.8. The molecule has 196 valence electrons. The molecule has 3 aromatic rings. The van der Waals surface area contributed by atoms with Gasteiger partial charge in [0, 0.05) is 51.9 Å². The molecule has 4 heterocycles. The van der Waals surface area contributed by atoms with Crippen LogP contribution in [0, 0.1) is 0 Å². The van der Waals surface area contributed by atoms with Gasteiger partial charge in [-0.25, -0.2) is 4.98 Å². The summed E-state index contributed by atoms with van der Waals surface area (Å²) in [5.41, 5.74) is 1.89. The summed E-state index contributed by atoms with van der Waals surface area (Å²) in [4.78, 5) is 48.7. The number of carbonyl (C=O) groups excluding carboxylic acids is 1. The highest BCUT2D eigenvalue weighted by Gasteiger charge is 2.33. The molecule has 1 aromatic carbocycles. The van der Waals surface area contributed by atoms with Gasteiger partial charge in [-0.2, -0.15) is 0 Å². The van der Waals surface area contributed by atoms with E-state index in [4.69, 9.17) is 22.3 Å². The number of fused-ring (bicyclic) bond motifs is 1. The van der Waals surface area contributed by atoms with Crippen LogP contribution < -0.4 is 10.5 Å². The van der Waals surface area contributed by atoms with E-state index in [-0.39, 0.29) is 24.4 Å². The minimum Gasteiger partial charge on any atom is -0.481 e. The van der Waals surface area contributed by atoms with Gasteiger partial charge in [0.15, 0.2) is 0 Å². The number of aromatic nitrogens is 2. The third-order valence-corrected chi connectivity index (χ3v) is 7.97. The third-order valence-electron chi connectivity index (χ3n) is 6.59. The SMILES string of the molecule is O=C(O)CCCN1C(=O)/C(=C/c2c(N3CCN(Cc4ccccc4)CC3)nc3ccccn3c2=O)SC1=S. The Morgan fingerprint density at radius 1 is 1.05 bits per heavy atom. The first-order chi connectivity index (χ1) is 18.4. The fraction of sp³-hybridized carbons (Fsp3) is 0.296. The number of amides is 1. The summed E-state index contributed by atoms with van der Waals surface area (Å²) in [6.07, 6.45) is 3.51. The molecule has 38 heavy (non-hydrogen) atoms. The highest BCUT2D eigenvalue weighted by molar-refractivity contribution is 8.26. The number of aliphatic carboxylic acids is 1. The lowest BCUT2D eigenvalue weighted by molar-refractivity contribution is -0.137. The highest BCUT2D eigenvalue weighted by atomic mass is 32.2. The van der Waals surface area contributed by atoms with Crippen LogP contribution in [0.2, 0.25) is 0 Å². The number of carboxylic acids is 1. The van der Waals surface area contributed by atoms with Crippen LogP contribution in [0.4, 0.5) is 5.82 Å². The van der Waals surface area contributed by atoms with Crippen LogP contribution in [0.15, 0.2) is 64.4 Å². The van der Waals surface area contributed by atoms with Crippen LogP contribution in [-0.2, 0) is 16.1 Å². The lowest BCUT2D eigenvalue weighted by Crippen LogP contribution is -2.47. The Morgan fingerprint density at radius 3 is 2.53 bits per heavy atom. The van der Waals surface area contributed by atoms with Crippen molar-refractivity contribution in [2.45, 2.75) is 19.4 Å². The topological polar surface area (TPSA) is 98.5 Å². The number of thiocarbonyl (C=S) groups is 1. The van der Waals surface area contributed by atoms with Crippen molar-refractivity contribution in [1.29, 1.82) is 0 Å². The first-order valence-corrected chi connectivity index (χ1v) is 13.6. The molecule has 1 amide bonds. The van der Waals surface area contributed by atoms with Crippen molar-refractivity contribution in [3.05, 3.63) is 81.1 Å². The van der Waals surface area contributed by atoms with Crippen molar-refractivity contribution in [1.82, 2.24) is 19.2 Å². The Balaban J connectivity index is 1.42. The molecule has 2 aliphatic heterocycles. The monoisotopic (exact) mass is 549 g/mol. The van der Waals surface area contributed by atoms with E-state index in [1.165, 1.54) is 14.9 Å². The third kappa shape index (κ3) is 5.64. The quantitative estimate of drug-likeness (QED) is 0.336. The van der Waals surface area contributed by atoms with Gasteiger partial charge in [0.05, 0.1) is 10.5 Å².